The lowest BCUT2D eigenvalue weighted by Gasteiger charge is -2.20. The molecule has 2 aromatic rings. The van der Waals surface area contributed by atoms with Gasteiger partial charge in [0.15, 0.2) is 0 Å². The van der Waals surface area contributed by atoms with Crippen LogP contribution >= 0.6 is 0 Å². The minimum absolute atomic E-state index is 0.264. The van der Waals surface area contributed by atoms with E-state index in [-0.39, 0.29) is 6.04 Å². The molecule has 1 atom stereocenters. The van der Waals surface area contributed by atoms with Crippen molar-refractivity contribution in [1.82, 2.24) is 15.1 Å². The summed E-state index contributed by atoms with van der Waals surface area (Å²) in [4.78, 5) is 0. The Hall–Kier alpha value is -1.61. The van der Waals surface area contributed by atoms with E-state index in [1.807, 2.05) is 6.92 Å². The Morgan fingerprint density at radius 3 is 2.50 bits per heavy atom. The van der Waals surface area contributed by atoms with Crippen molar-refractivity contribution in [2.24, 2.45) is 0 Å². The predicted molar refractivity (Wildman–Crippen MR) is 74.8 cm³/mol. The van der Waals surface area contributed by atoms with Crippen LogP contribution in [0.25, 0.3) is 0 Å². The van der Waals surface area contributed by atoms with Gasteiger partial charge in [0.1, 0.15) is 0 Å². The van der Waals surface area contributed by atoms with Gasteiger partial charge in [-0.2, -0.15) is 5.10 Å². The van der Waals surface area contributed by atoms with Gasteiger partial charge in [0, 0.05) is 12.2 Å². The molecule has 0 radical (unpaired) electrons. The number of likely N-dealkylation sites (N-methyl/N-ethyl adjacent to an activating group) is 1. The molecule has 1 unspecified atom stereocenters. The Labute approximate surface area is 109 Å². The first-order valence-electron chi connectivity index (χ1n) is 6.50. The van der Waals surface area contributed by atoms with Gasteiger partial charge in [-0.3, -0.25) is 4.68 Å². The van der Waals surface area contributed by atoms with Crippen molar-refractivity contribution in [2.75, 3.05) is 13.1 Å². The summed E-state index contributed by atoms with van der Waals surface area (Å²) in [5, 5.41) is 8.04. The van der Waals surface area contributed by atoms with Gasteiger partial charge in [-0.15, -0.1) is 0 Å². The van der Waals surface area contributed by atoms with Gasteiger partial charge < -0.3 is 5.32 Å². The molecule has 3 heteroatoms. The fraction of sp³-hybridized carbons (Fsp3) is 0.400. The highest BCUT2D eigenvalue weighted by Crippen LogP contribution is 2.19. The average Bonchev–Trinajstić information content (AvgIpc) is 2.70. The van der Waals surface area contributed by atoms with Gasteiger partial charge in [-0.25, -0.2) is 0 Å². The molecule has 0 spiro atoms. The first-order chi connectivity index (χ1) is 8.72. The van der Waals surface area contributed by atoms with Gasteiger partial charge in [-0.1, -0.05) is 37.3 Å². The van der Waals surface area contributed by atoms with Crippen molar-refractivity contribution in [1.29, 1.82) is 0 Å². The molecule has 1 heterocycles. The second-order valence-electron chi connectivity index (χ2n) is 4.61. The predicted octanol–water partition coefficient (Wildman–Crippen LogP) is 2.70. The third-order valence-electron chi connectivity index (χ3n) is 3.11. The van der Waals surface area contributed by atoms with E-state index in [1.165, 1.54) is 11.3 Å². The molecule has 0 fully saturated rings. The van der Waals surface area contributed by atoms with E-state index >= 15 is 0 Å². The third kappa shape index (κ3) is 2.79. The molecule has 0 aliphatic rings. The molecule has 0 amide bonds. The van der Waals surface area contributed by atoms with Crippen LogP contribution in [0.4, 0.5) is 0 Å². The number of nitrogens with one attached hydrogen (secondary N) is 1. The monoisotopic (exact) mass is 243 g/mol. The second kappa shape index (κ2) is 5.83. The standard InChI is InChI=1S/C15H21N3/c1-4-16-11-15(14-8-6-5-7-9-14)18-13(3)10-12(2)17-18/h5-10,15-16H,4,11H2,1-3H3. The highest BCUT2D eigenvalue weighted by Gasteiger charge is 2.15. The first kappa shape index (κ1) is 12.8. The summed E-state index contributed by atoms with van der Waals surface area (Å²) in [5.74, 6) is 0. The molecule has 3 nitrogen and oxygen atoms in total. The van der Waals surface area contributed by atoms with E-state index < -0.39 is 0 Å². The molecule has 0 aliphatic heterocycles. The van der Waals surface area contributed by atoms with E-state index in [4.69, 9.17) is 0 Å². The van der Waals surface area contributed by atoms with E-state index in [0.29, 0.717) is 0 Å². The van der Waals surface area contributed by atoms with Gasteiger partial charge in [0.2, 0.25) is 0 Å². The zero-order valence-electron chi connectivity index (χ0n) is 11.4. The molecule has 0 bridgehead atoms. The van der Waals surface area contributed by atoms with E-state index in [2.05, 4.69) is 65.3 Å². The van der Waals surface area contributed by atoms with E-state index in [9.17, 15) is 0 Å². The molecule has 0 aliphatic carbocycles. The minimum Gasteiger partial charge on any atom is -0.315 e. The average molecular weight is 243 g/mol. The van der Waals surface area contributed by atoms with Crippen molar-refractivity contribution < 1.29 is 0 Å². The number of aryl methyl sites for hydroxylation is 2. The zero-order chi connectivity index (χ0) is 13.0. The molecule has 18 heavy (non-hydrogen) atoms. The molecular formula is C15H21N3. The molecule has 1 aromatic heterocycles. The number of nitrogens with zero attached hydrogens (tertiary/aromatic N) is 2. The summed E-state index contributed by atoms with van der Waals surface area (Å²) in [6.45, 7) is 8.16. The molecule has 0 saturated carbocycles. The lowest BCUT2D eigenvalue weighted by molar-refractivity contribution is 0.476. The van der Waals surface area contributed by atoms with Gasteiger partial charge >= 0.3 is 0 Å². The highest BCUT2D eigenvalue weighted by molar-refractivity contribution is 5.22. The molecule has 1 N–H and O–H groups in total. The van der Waals surface area contributed by atoms with Gasteiger partial charge in [0.25, 0.3) is 0 Å². The van der Waals surface area contributed by atoms with Crippen molar-refractivity contribution in [3.8, 4) is 0 Å². The van der Waals surface area contributed by atoms with Crippen LogP contribution in [-0.4, -0.2) is 22.9 Å². The highest BCUT2D eigenvalue weighted by atomic mass is 15.3. The SMILES string of the molecule is CCNCC(c1ccccc1)n1nc(C)cc1C. The Morgan fingerprint density at radius 1 is 1.22 bits per heavy atom. The van der Waals surface area contributed by atoms with Crippen LogP contribution in [0.15, 0.2) is 36.4 Å². The number of hydrogen-bond acceptors (Lipinski definition) is 2. The maximum atomic E-state index is 4.62. The van der Waals surface area contributed by atoms with Crippen molar-refractivity contribution in [3.05, 3.63) is 53.3 Å². The van der Waals surface area contributed by atoms with Crippen molar-refractivity contribution >= 4 is 0 Å². The van der Waals surface area contributed by atoms with E-state index in [1.54, 1.807) is 0 Å². The molecule has 96 valence electrons. The first-order valence-corrected chi connectivity index (χ1v) is 6.50. The number of rotatable bonds is 5. The van der Waals surface area contributed by atoms with Crippen LogP contribution < -0.4 is 5.32 Å². The van der Waals surface area contributed by atoms with Crippen LogP contribution in [0.2, 0.25) is 0 Å². The van der Waals surface area contributed by atoms with Crippen LogP contribution in [0.5, 0.6) is 0 Å². The number of aromatic nitrogens is 2. The van der Waals surface area contributed by atoms with Crippen LogP contribution in [0.1, 0.15) is 29.9 Å². The lowest BCUT2D eigenvalue weighted by atomic mass is 10.1. The van der Waals surface area contributed by atoms with Crippen molar-refractivity contribution in [2.45, 2.75) is 26.8 Å². The Bertz CT molecular complexity index is 488. The molecule has 2 rings (SSSR count). The Kier molecular flexibility index (Phi) is 4.15. The maximum absolute atomic E-state index is 4.62. The summed E-state index contributed by atoms with van der Waals surface area (Å²) in [6, 6.07) is 12.9. The summed E-state index contributed by atoms with van der Waals surface area (Å²) in [6.07, 6.45) is 0. The van der Waals surface area contributed by atoms with Crippen molar-refractivity contribution in [3.63, 3.8) is 0 Å². The van der Waals surface area contributed by atoms with Crippen LogP contribution in [0.3, 0.4) is 0 Å². The largest absolute Gasteiger partial charge is 0.315 e. The maximum Gasteiger partial charge on any atom is 0.0895 e. The quantitative estimate of drug-likeness (QED) is 0.875. The van der Waals surface area contributed by atoms with Gasteiger partial charge in [0.05, 0.1) is 11.7 Å². The lowest BCUT2D eigenvalue weighted by Crippen LogP contribution is -2.27. The molecule has 0 saturated heterocycles. The zero-order valence-corrected chi connectivity index (χ0v) is 11.4. The fourth-order valence-corrected chi connectivity index (χ4v) is 2.26. The van der Waals surface area contributed by atoms with Crippen LogP contribution in [-0.2, 0) is 0 Å². The topological polar surface area (TPSA) is 29.9 Å². The fourth-order valence-electron chi connectivity index (χ4n) is 2.26. The number of benzene rings is 1. The summed E-state index contributed by atoms with van der Waals surface area (Å²) in [5.41, 5.74) is 3.58. The minimum atomic E-state index is 0.264. The Morgan fingerprint density at radius 2 is 1.94 bits per heavy atom. The van der Waals surface area contributed by atoms with Gasteiger partial charge in [-0.05, 0) is 32.0 Å². The number of hydrogen-bond donors (Lipinski definition) is 1. The summed E-state index contributed by atoms with van der Waals surface area (Å²) in [7, 11) is 0. The summed E-state index contributed by atoms with van der Waals surface area (Å²) >= 11 is 0. The van der Waals surface area contributed by atoms with E-state index in [0.717, 1.165) is 18.8 Å². The Balaban J connectivity index is 2.34. The molecule has 1 aromatic carbocycles. The smallest absolute Gasteiger partial charge is 0.0895 e. The van der Waals surface area contributed by atoms with Crippen LogP contribution in [0, 0.1) is 13.8 Å². The second-order valence-corrected chi connectivity index (χ2v) is 4.61. The molecular weight excluding hydrogens is 222 g/mol. The normalized spacial score (nSPS) is 12.6. The summed E-state index contributed by atoms with van der Waals surface area (Å²) < 4.78 is 2.12. The third-order valence-corrected chi connectivity index (χ3v) is 3.11.